The van der Waals surface area contributed by atoms with Gasteiger partial charge in [0, 0.05) is 49.8 Å². The second-order valence-electron chi connectivity index (χ2n) is 7.00. The van der Waals surface area contributed by atoms with Crippen molar-refractivity contribution in [2.75, 3.05) is 38.3 Å². The minimum absolute atomic E-state index is 0.0872. The molecular formula is C22H32N4O2S. The van der Waals surface area contributed by atoms with E-state index in [1.54, 1.807) is 18.9 Å². The zero-order chi connectivity index (χ0) is 21.2. The van der Waals surface area contributed by atoms with Crippen LogP contribution in [0, 0.1) is 0 Å². The van der Waals surface area contributed by atoms with Crippen molar-refractivity contribution < 1.29 is 9.53 Å². The molecule has 0 radical (unpaired) electrons. The van der Waals surface area contributed by atoms with Gasteiger partial charge in [-0.3, -0.25) is 4.79 Å². The van der Waals surface area contributed by atoms with E-state index in [0.29, 0.717) is 30.4 Å². The Morgan fingerprint density at radius 2 is 1.97 bits per heavy atom. The SMILES string of the molecule is CCN(CC)c1cc(C(C)C)nc(SCc2cccc(C(=O)NCCOC)c2)n1. The molecule has 0 atom stereocenters. The molecule has 0 spiro atoms. The largest absolute Gasteiger partial charge is 0.383 e. The lowest BCUT2D eigenvalue weighted by molar-refractivity contribution is 0.0937. The molecule has 1 aromatic heterocycles. The van der Waals surface area contributed by atoms with E-state index in [1.807, 2.05) is 24.3 Å². The second kappa shape index (κ2) is 11.8. The Bertz CT molecular complexity index is 794. The fourth-order valence-corrected chi connectivity index (χ4v) is 3.62. The zero-order valence-electron chi connectivity index (χ0n) is 18.1. The maximum absolute atomic E-state index is 12.2. The molecule has 0 aliphatic carbocycles. The minimum atomic E-state index is -0.0872. The molecule has 0 fully saturated rings. The van der Waals surface area contributed by atoms with Crippen molar-refractivity contribution in [2.45, 2.75) is 44.5 Å². The van der Waals surface area contributed by atoms with Gasteiger partial charge in [-0.25, -0.2) is 9.97 Å². The van der Waals surface area contributed by atoms with Crippen LogP contribution >= 0.6 is 11.8 Å². The molecule has 0 unspecified atom stereocenters. The van der Waals surface area contributed by atoms with Crippen molar-refractivity contribution in [3.8, 4) is 0 Å². The van der Waals surface area contributed by atoms with Crippen molar-refractivity contribution in [1.82, 2.24) is 15.3 Å². The number of amides is 1. The molecule has 0 aliphatic heterocycles. The molecular weight excluding hydrogens is 384 g/mol. The smallest absolute Gasteiger partial charge is 0.251 e. The number of nitrogens with zero attached hydrogens (tertiary/aromatic N) is 3. The molecule has 6 nitrogen and oxygen atoms in total. The second-order valence-corrected chi connectivity index (χ2v) is 7.94. The highest BCUT2D eigenvalue weighted by atomic mass is 32.2. The molecule has 1 aromatic carbocycles. The number of rotatable bonds is 11. The number of nitrogens with one attached hydrogen (secondary N) is 1. The van der Waals surface area contributed by atoms with Crippen LogP contribution < -0.4 is 10.2 Å². The summed E-state index contributed by atoms with van der Waals surface area (Å²) in [5.74, 6) is 1.93. The van der Waals surface area contributed by atoms with Gasteiger partial charge in [0.1, 0.15) is 5.82 Å². The summed E-state index contributed by atoms with van der Waals surface area (Å²) in [5, 5.41) is 3.62. The third-order valence-corrected chi connectivity index (χ3v) is 5.46. The number of aromatic nitrogens is 2. The third-order valence-electron chi connectivity index (χ3n) is 4.54. The summed E-state index contributed by atoms with van der Waals surface area (Å²) in [6.45, 7) is 11.4. The monoisotopic (exact) mass is 416 g/mol. The van der Waals surface area contributed by atoms with Crippen LogP contribution in [0.25, 0.3) is 0 Å². The van der Waals surface area contributed by atoms with Crippen LogP contribution in [0.3, 0.4) is 0 Å². The zero-order valence-corrected chi connectivity index (χ0v) is 18.9. The summed E-state index contributed by atoms with van der Waals surface area (Å²) in [4.78, 5) is 24.0. The van der Waals surface area contributed by atoms with Gasteiger partial charge in [-0.15, -0.1) is 0 Å². The standard InChI is InChI=1S/C22H32N4O2S/c1-6-26(7-2)20-14-19(16(3)4)24-22(25-20)29-15-17-9-8-10-18(13-17)21(27)23-11-12-28-5/h8-10,13-14,16H,6-7,11-12,15H2,1-5H3,(H,23,27). The minimum Gasteiger partial charge on any atom is -0.383 e. The number of methoxy groups -OCH3 is 1. The number of carbonyl (C=O) groups excluding carboxylic acids is 1. The Morgan fingerprint density at radius 1 is 1.21 bits per heavy atom. The van der Waals surface area contributed by atoms with Crippen LogP contribution in [0.2, 0.25) is 0 Å². The molecule has 1 N–H and O–H groups in total. The fraction of sp³-hybridized carbons (Fsp3) is 0.500. The molecule has 2 rings (SSSR count). The van der Waals surface area contributed by atoms with E-state index in [-0.39, 0.29) is 5.91 Å². The van der Waals surface area contributed by atoms with E-state index in [4.69, 9.17) is 14.7 Å². The summed E-state index contributed by atoms with van der Waals surface area (Å²) in [6, 6.07) is 9.77. The van der Waals surface area contributed by atoms with Gasteiger partial charge in [0.2, 0.25) is 0 Å². The Kier molecular flexibility index (Phi) is 9.41. The third kappa shape index (κ3) is 7.01. The van der Waals surface area contributed by atoms with Gasteiger partial charge in [-0.1, -0.05) is 37.7 Å². The molecule has 158 valence electrons. The first-order valence-corrected chi connectivity index (χ1v) is 11.1. The Balaban J connectivity index is 2.12. The first-order chi connectivity index (χ1) is 14.0. The molecule has 0 saturated carbocycles. The fourth-order valence-electron chi connectivity index (χ4n) is 2.82. The van der Waals surface area contributed by atoms with Crippen molar-refractivity contribution in [3.05, 3.63) is 47.2 Å². The van der Waals surface area contributed by atoms with Crippen molar-refractivity contribution >= 4 is 23.5 Å². The molecule has 1 amide bonds. The number of thioether (sulfide) groups is 1. The van der Waals surface area contributed by atoms with Crippen LogP contribution in [-0.2, 0) is 10.5 Å². The molecule has 0 aliphatic rings. The van der Waals surface area contributed by atoms with Crippen LogP contribution in [0.5, 0.6) is 0 Å². The highest BCUT2D eigenvalue weighted by molar-refractivity contribution is 7.98. The van der Waals surface area contributed by atoms with E-state index in [0.717, 1.165) is 35.3 Å². The van der Waals surface area contributed by atoms with E-state index < -0.39 is 0 Å². The van der Waals surface area contributed by atoms with Gasteiger partial charge in [0.05, 0.1) is 6.61 Å². The summed E-state index contributed by atoms with van der Waals surface area (Å²) < 4.78 is 4.97. The summed E-state index contributed by atoms with van der Waals surface area (Å²) >= 11 is 1.60. The Labute approximate surface area is 178 Å². The van der Waals surface area contributed by atoms with Crippen molar-refractivity contribution in [2.24, 2.45) is 0 Å². The first-order valence-electron chi connectivity index (χ1n) is 10.1. The van der Waals surface area contributed by atoms with Gasteiger partial charge >= 0.3 is 0 Å². The molecule has 0 bridgehead atoms. The molecule has 0 saturated heterocycles. The van der Waals surface area contributed by atoms with Crippen LogP contribution in [0.4, 0.5) is 5.82 Å². The molecule has 29 heavy (non-hydrogen) atoms. The lowest BCUT2D eigenvalue weighted by atomic mass is 10.1. The average Bonchev–Trinajstić information content (AvgIpc) is 2.73. The number of ether oxygens (including phenoxy) is 1. The van der Waals surface area contributed by atoms with Crippen molar-refractivity contribution in [1.29, 1.82) is 0 Å². The topological polar surface area (TPSA) is 67.4 Å². The number of carbonyl (C=O) groups is 1. The molecule has 1 heterocycles. The van der Waals surface area contributed by atoms with Gasteiger partial charge in [-0.05, 0) is 37.5 Å². The van der Waals surface area contributed by atoms with Crippen LogP contribution in [0.15, 0.2) is 35.5 Å². The van der Waals surface area contributed by atoms with Gasteiger partial charge in [-0.2, -0.15) is 0 Å². The molecule has 2 aromatic rings. The van der Waals surface area contributed by atoms with E-state index in [1.165, 1.54) is 0 Å². The van der Waals surface area contributed by atoms with Gasteiger partial charge < -0.3 is 15.0 Å². The number of benzene rings is 1. The van der Waals surface area contributed by atoms with Crippen molar-refractivity contribution in [3.63, 3.8) is 0 Å². The first kappa shape index (κ1) is 23.2. The van der Waals surface area contributed by atoms with Gasteiger partial charge in [0.25, 0.3) is 5.91 Å². The predicted octanol–water partition coefficient (Wildman–Crippen LogP) is 4.11. The van der Waals surface area contributed by atoms with E-state index >= 15 is 0 Å². The Hall–Kier alpha value is -2.12. The maximum atomic E-state index is 12.2. The van der Waals surface area contributed by atoms with E-state index in [2.05, 4.69) is 44.0 Å². The number of hydrogen-bond donors (Lipinski definition) is 1. The number of anilines is 1. The summed E-state index contributed by atoms with van der Waals surface area (Å²) in [5.41, 5.74) is 2.77. The van der Waals surface area contributed by atoms with Crippen LogP contribution in [0.1, 0.15) is 55.2 Å². The van der Waals surface area contributed by atoms with E-state index in [9.17, 15) is 4.79 Å². The lowest BCUT2D eigenvalue weighted by Gasteiger charge is -2.21. The normalized spacial score (nSPS) is 11.0. The van der Waals surface area contributed by atoms with Gasteiger partial charge in [0.15, 0.2) is 5.16 Å². The highest BCUT2D eigenvalue weighted by Gasteiger charge is 2.13. The summed E-state index contributed by atoms with van der Waals surface area (Å²) in [7, 11) is 1.62. The Morgan fingerprint density at radius 3 is 2.62 bits per heavy atom. The highest BCUT2D eigenvalue weighted by Crippen LogP contribution is 2.26. The maximum Gasteiger partial charge on any atom is 0.251 e. The quantitative estimate of drug-likeness (QED) is 0.338. The lowest BCUT2D eigenvalue weighted by Crippen LogP contribution is -2.26. The van der Waals surface area contributed by atoms with Crippen LogP contribution in [-0.4, -0.2) is 49.2 Å². The molecule has 7 heteroatoms. The summed E-state index contributed by atoms with van der Waals surface area (Å²) in [6.07, 6.45) is 0. The predicted molar refractivity (Wildman–Crippen MR) is 120 cm³/mol. The number of hydrogen-bond acceptors (Lipinski definition) is 6. The average molecular weight is 417 g/mol.